The van der Waals surface area contributed by atoms with Crippen molar-refractivity contribution in [3.8, 4) is 5.75 Å². The van der Waals surface area contributed by atoms with Crippen LogP contribution in [0.25, 0.3) is 0 Å². The molecule has 0 bridgehead atoms. The minimum Gasteiger partial charge on any atom is -0.489 e. The number of carbonyl (C=O) groups excluding carboxylic acids is 1. The summed E-state index contributed by atoms with van der Waals surface area (Å²) < 4.78 is 5.89. The zero-order valence-electron chi connectivity index (χ0n) is 16.2. The Morgan fingerprint density at radius 3 is 2.57 bits per heavy atom. The maximum absolute atomic E-state index is 12.5. The molecule has 3 rings (SSSR count). The molecule has 148 valence electrons. The maximum Gasteiger partial charge on any atom is 0.307 e. The summed E-state index contributed by atoms with van der Waals surface area (Å²) in [5.74, 6) is -1.30. The molecular formula is C23H27NO4. The van der Waals surface area contributed by atoms with E-state index >= 15 is 0 Å². The minimum atomic E-state index is -0.869. The number of hydrogen-bond acceptors (Lipinski definition) is 3. The number of carbonyl (C=O) groups is 2. The van der Waals surface area contributed by atoms with E-state index in [1.54, 1.807) is 0 Å². The van der Waals surface area contributed by atoms with Gasteiger partial charge < -0.3 is 15.2 Å². The molecule has 1 fully saturated rings. The first-order chi connectivity index (χ1) is 13.5. The van der Waals surface area contributed by atoms with Crippen LogP contribution in [0.2, 0.25) is 0 Å². The van der Waals surface area contributed by atoms with Crippen molar-refractivity contribution in [3.05, 3.63) is 65.2 Å². The molecule has 0 aliphatic heterocycles. The molecular weight excluding hydrogens is 354 g/mol. The molecule has 2 N–H and O–H groups in total. The molecule has 1 amide bonds. The molecule has 0 saturated heterocycles. The first-order valence-electron chi connectivity index (χ1n) is 9.81. The third-order valence-electron chi connectivity index (χ3n) is 5.44. The van der Waals surface area contributed by atoms with E-state index in [0.29, 0.717) is 26.0 Å². The molecule has 2 aromatic carbocycles. The second-order valence-corrected chi connectivity index (χ2v) is 7.42. The van der Waals surface area contributed by atoms with E-state index in [1.165, 1.54) is 5.56 Å². The lowest BCUT2D eigenvalue weighted by molar-refractivity contribution is -0.148. The number of nitrogens with one attached hydrogen (secondary N) is 1. The molecule has 1 aliphatic rings. The van der Waals surface area contributed by atoms with Crippen molar-refractivity contribution in [2.45, 2.75) is 45.8 Å². The predicted molar refractivity (Wildman–Crippen MR) is 107 cm³/mol. The van der Waals surface area contributed by atoms with Crippen LogP contribution in [0.15, 0.2) is 48.5 Å². The fourth-order valence-corrected chi connectivity index (χ4v) is 3.74. The number of aliphatic carboxylic acids is 1. The van der Waals surface area contributed by atoms with Crippen molar-refractivity contribution in [1.29, 1.82) is 0 Å². The van der Waals surface area contributed by atoms with Gasteiger partial charge in [0.25, 0.3) is 0 Å². The number of benzene rings is 2. The summed E-state index contributed by atoms with van der Waals surface area (Å²) in [6, 6.07) is 15.7. The lowest BCUT2D eigenvalue weighted by atomic mass is 9.78. The quantitative estimate of drug-likeness (QED) is 0.758. The molecule has 1 saturated carbocycles. The van der Waals surface area contributed by atoms with Crippen LogP contribution in [0.1, 0.15) is 42.4 Å². The fourth-order valence-electron chi connectivity index (χ4n) is 3.74. The van der Waals surface area contributed by atoms with Crippen LogP contribution in [0.4, 0.5) is 0 Å². The van der Waals surface area contributed by atoms with Crippen molar-refractivity contribution in [2.24, 2.45) is 11.8 Å². The highest BCUT2D eigenvalue weighted by molar-refractivity contribution is 5.84. The number of rotatable bonds is 7. The van der Waals surface area contributed by atoms with Crippen LogP contribution in [-0.2, 0) is 22.7 Å². The number of aryl methyl sites for hydroxylation is 1. The van der Waals surface area contributed by atoms with E-state index in [9.17, 15) is 14.7 Å². The Morgan fingerprint density at radius 2 is 1.82 bits per heavy atom. The lowest BCUT2D eigenvalue weighted by Gasteiger charge is -2.27. The molecule has 2 aromatic rings. The Balaban J connectivity index is 1.56. The molecule has 2 unspecified atom stereocenters. The predicted octanol–water partition coefficient (Wildman–Crippen LogP) is 4.08. The van der Waals surface area contributed by atoms with Gasteiger partial charge >= 0.3 is 5.97 Å². The van der Waals surface area contributed by atoms with Crippen LogP contribution in [-0.4, -0.2) is 17.0 Å². The van der Waals surface area contributed by atoms with Gasteiger partial charge in [0, 0.05) is 6.54 Å². The summed E-state index contributed by atoms with van der Waals surface area (Å²) in [6.45, 7) is 2.91. The molecule has 0 spiro atoms. The Hall–Kier alpha value is -2.82. The zero-order valence-corrected chi connectivity index (χ0v) is 16.2. The van der Waals surface area contributed by atoms with Gasteiger partial charge in [-0.25, -0.2) is 0 Å². The van der Waals surface area contributed by atoms with Crippen LogP contribution in [0, 0.1) is 18.8 Å². The van der Waals surface area contributed by atoms with E-state index < -0.39 is 17.8 Å². The van der Waals surface area contributed by atoms with Crippen molar-refractivity contribution >= 4 is 11.9 Å². The third-order valence-corrected chi connectivity index (χ3v) is 5.44. The molecule has 0 radical (unpaired) electrons. The fraction of sp³-hybridized carbons (Fsp3) is 0.391. The van der Waals surface area contributed by atoms with E-state index in [-0.39, 0.29) is 5.91 Å². The van der Waals surface area contributed by atoms with E-state index in [1.807, 2.05) is 42.5 Å². The summed E-state index contributed by atoms with van der Waals surface area (Å²) >= 11 is 0. The molecule has 2 atom stereocenters. The molecule has 1 aliphatic carbocycles. The van der Waals surface area contributed by atoms with Crippen molar-refractivity contribution < 1.29 is 19.4 Å². The number of ether oxygens (including phenoxy) is 1. The summed E-state index contributed by atoms with van der Waals surface area (Å²) in [4.78, 5) is 23.9. The first kappa shape index (κ1) is 19.9. The topological polar surface area (TPSA) is 75.6 Å². The second kappa shape index (κ2) is 9.40. The van der Waals surface area contributed by atoms with Gasteiger partial charge in [-0.2, -0.15) is 0 Å². The molecule has 5 heteroatoms. The normalized spacial score (nSPS) is 19.0. The SMILES string of the molecule is Cc1ccccc1COc1cccc(CNC(=O)C2CCCCC2C(=O)O)c1. The molecule has 5 nitrogen and oxygen atoms in total. The van der Waals surface area contributed by atoms with Crippen LogP contribution < -0.4 is 10.1 Å². The van der Waals surface area contributed by atoms with Gasteiger partial charge in [0.2, 0.25) is 5.91 Å². The van der Waals surface area contributed by atoms with E-state index in [2.05, 4.69) is 18.3 Å². The van der Waals surface area contributed by atoms with Crippen LogP contribution in [0.5, 0.6) is 5.75 Å². The average molecular weight is 381 g/mol. The Morgan fingerprint density at radius 1 is 1.07 bits per heavy atom. The molecule has 28 heavy (non-hydrogen) atoms. The summed E-state index contributed by atoms with van der Waals surface area (Å²) in [5, 5.41) is 12.3. The van der Waals surface area contributed by atoms with Gasteiger partial charge in [-0.1, -0.05) is 49.2 Å². The van der Waals surface area contributed by atoms with Gasteiger partial charge in [0.05, 0.1) is 11.8 Å². The van der Waals surface area contributed by atoms with Gasteiger partial charge in [0.15, 0.2) is 0 Å². The third kappa shape index (κ3) is 5.12. The Bertz CT molecular complexity index is 833. The largest absolute Gasteiger partial charge is 0.489 e. The lowest BCUT2D eigenvalue weighted by Crippen LogP contribution is -2.39. The van der Waals surface area contributed by atoms with Gasteiger partial charge in [-0.15, -0.1) is 0 Å². The summed E-state index contributed by atoms with van der Waals surface area (Å²) in [7, 11) is 0. The standard InChI is InChI=1S/C23H27NO4/c1-16-7-2-3-9-18(16)15-28-19-10-6-8-17(13-19)14-24-22(25)20-11-4-5-12-21(20)23(26)27/h2-3,6-10,13,20-21H,4-5,11-12,14-15H2,1H3,(H,24,25)(H,26,27). The Kier molecular flexibility index (Phi) is 6.69. The van der Waals surface area contributed by atoms with Crippen LogP contribution in [0.3, 0.4) is 0 Å². The first-order valence-corrected chi connectivity index (χ1v) is 9.81. The Labute approximate surface area is 165 Å². The highest BCUT2D eigenvalue weighted by Gasteiger charge is 2.35. The van der Waals surface area contributed by atoms with Crippen LogP contribution >= 0.6 is 0 Å². The van der Waals surface area contributed by atoms with Crippen molar-refractivity contribution in [1.82, 2.24) is 5.32 Å². The highest BCUT2D eigenvalue weighted by atomic mass is 16.5. The van der Waals surface area contributed by atoms with E-state index in [0.717, 1.165) is 29.7 Å². The number of hydrogen-bond donors (Lipinski definition) is 2. The summed E-state index contributed by atoms with van der Waals surface area (Å²) in [6.07, 6.45) is 3.00. The average Bonchev–Trinajstić information content (AvgIpc) is 2.71. The van der Waals surface area contributed by atoms with Crippen molar-refractivity contribution in [2.75, 3.05) is 0 Å². The second-order valence-electron chi connectivity index (χ2n) is 7.42. The number of amides is 1. The molecule has 0 aromatic heterocycles. The minimum absolute atomic E-state index is 0.168. The number of carboxylic acids is 1. The molecule has 0 heterocycles. The summed E-state index contributed by atoms with van der Waals surface area (Å²) in [5.41, 5.74) is 3.25. The van der Waals surface area contributed by atoms with Gasteiger partial charge in [0.1, 0.15) is 12.4 Å². The maximum atomic E-state index is 12.5. The van der Waals surface area contributed by atoms with E-state index in [4.69, 9.17) is 4.74 Å². The van der Waals surface area contributed by atoms with Crippen molar-refractivity contribution in [3.63, 3.8) is 0 Å². The zero-order chi connectivity index (χ0) is 19.9. The monoisotopic (exact) mass is 381 g/mol. The van der Waals surface area contributed by atoms with Gasteiger partial charge in [-0.3, -0.25) is 9.59 Å². The number of carboxylic acid groups (broad SMARTS) is 1. The van der Waals surface area contributed by atoms with Gasteiger partial charge in [-0.05, 0) is 48.6 Å². The highest BCUT2D eigenvalue weighted by Crippen LogP contribution is 2.30. The smallest absolute Gasteiger partial charge is 0.307 e.